The lowest BCUT2D eigenvalue weighted by Crippen LogP contribution is -2.66. The van der Waals surface area contributed by atoms with Crippen molar-refractivity contribution in [3.63, 3.8) is 0 Å². The van der Waals surface area contributed by atoms with Crippen molar-refractivity contribution in [3.05, 3.63) is 46.0 Å². The molecule has 5 fully saturated rings. The number of aliphatic hydroxyl groups excluding tert-OH is 1. The molecular formula is C49H69ClN2O8. The second-order valence-electron chi connectivity index (χ2n) is 22.1. The molecule has 1 aromatic carbocycles. The summed E-state index contributed by atoms with van der Waals surface area (Å²) in [4.78, 5) is 66.4. The summed E-state index contributed by atoms with van der Waals surface area (Å²) >= 11 is 5.99. The van der Waals surface area contributed by atoms with Crippen LogP contribution in [-0.4, -0.2) is 65.0 Å². The first-order valence-electron chi connectivity index (χ1n) is 22.6. The van der Waals surface area contributed by atoms with E-state index < -0.39 is 34.7 Å². The summed E-state index contributed by atoms with van der Waals surface area (Å²) in [5.74, 6) is -1.40. The van der Waals surface area contributed by atoms with Gasteiger partial charge in [-0.05, 0) is 133 Å². The number of carboxylic acid groups (broad SMARTS) is 1. The number of fused-ring (bicyclic) bond motifs is 7. The van der Waals surface area contributed by atoms with Crippen LogP contribution in [0, 0.1) is 68.0 Å². The highest BCUT2D eigenvalue weighted by molar-refractivity contribution is 6.30. The van der Waals surface area contributed by atoms with E-state index in [4.69, 9.17) is 16.3 Å². The third-order valence-corrected chi connectivity index (χ3v) is 18.6. The summed E-state index contributed by atoms with van der Waals surface area (Å²) in [5, 5.41) is 26.1. The molecule has 0 heterocycles. The van der Waals surface area contributed by atoms with Crippen LogP contribution in [0.4, 0.5) is 0 Å². The van der Waals surface area contributed by atoms with Gasteiger partial charge in [0.15, 0.2) is 5.78 Å². The number of nitrogens with one attached hydrogen (secondary N) is 2. The highest BCUT2D eigenvalue weighted by Gasteiger charge is 2.70. The van der Waals surface area contributed by atoms with Crippen molar-refractivity contribution in [2.24, 2.45) is 68.0 Å². The molecule has 0 spiro atoms. The molecule has 6 aliphatic rings. The highest BCUT2D eigenvalue weighted by atomic mass is 35.5. The summed E-state index contributed by atoms with van der Waals surface area (Å²) in [6, 6.07) is 5.80. The number of ketones is 1. The predicted octanol–water partition coefficient (Wildman–Crippen LogP) is 8.58. The van der Waals surface area contributed by atoms with E-state index in [1.807, 2.05) is 13.8 Å². The monoisotopic (exact) mass is 848 g/mol. The van der Waals surface area contributed by atoms with E-state index >= 15 is 0 Å². The minimum absolute atomic E-state index is 0.00561. The van der Waals surface area contributed by atoms with Crippen molar-refractivity contribution in [1.82, 2.24) is 10.6 Å². The Morgan fingerprint density at radius 3 is 2.15 bits per heavy atom. The summed E-state index contributed by atoms with van der Waals surface area (Å²) in [6.07, 6.45) is 8.14. The molecule has 6 aliphatic carbocycles. The van der Waals surface area contributed by atoms with E-state index in [2.05, 4.69) is 59.1 Å². The topological polar surface area (TPSA) is 159 Å². The summed E-state index contributed by atoms with van der Waals surface area (Å²) in [7, 11) is 0. The average Bonchev–Trinajstić information content (AvgIpc) is 3.45. The normalized spacial score (nSPS) is 38.0. The van der Waals surface area contributed by atoms with E-state index in [0.717, 1.165) is 56.9 Å². The van der Waals surface area contributed by atoms with Gasteiger partial charge in [-0.25, -0.2) is 0 Å². The number of aliphatic carboxylic acids is 1. The molecule has 330 valence electrons. The van der Waals surface area contributed by atoms with E-state index in [9.17, 15) is 34.2 Å². The number of carbonyl (C=O) groups excluding carboxylic acids is 4. The zero-order chi connectivity index (χ0) is 44.0. The Hall–Kier alpha value is -3.24. The predicted molar refractivity (Wildman–Crippen MR) is 230 cm³/mol. The Morgan fingerprint density at radius 1 is 0.850 bits per heavy atom. The number of hydrogen-bond acceptors (Lipinski definition) is 7. The second-order valence-corrected chi connectivity index (χ2v) is 22.5. The molecule has 11 heteroatoms. The van der Waals surface area contributed by atoms with Crippen molar-refractivity contribution in [3.8, 4) is 0 Å². The number of benzene rings is 1. The molecule has 1 aromatic rings. The van der Waals surface area contributed by atoms with Gasteiger partial charge < -0.3 is 25.6 Å². The van der Waals surface area contributed by atoms with Crippen molar-refractivity contribution >= 4 is 41.1 Å². The lowest BCUT2D eigenvalue weighted by molar-refractivity contribution is -0.236. The van der Waals surface area contributed by atoms with Gasteiger partial charge in [0.2, 0.25) is 5.91 Å². The van der Waals surface area contributed by atoms with Crippen molar-refractivity contribution in [1.29, 1.82) is 0 Å². The number of hydrogen-bond donors (Lipinski definition) is 4. The largest absolute Gasteiger partial charge is 0.481 e. The van der Waals surface area contributed by atoms with Crippen LogP contribution >= 0.6 is 11.6 Å². The number of allylic oxidation sites excluding steroid dienone is 2. The van der Waals surface area contributed by atoms with Crippen LogP contribution < -0.4 is 10.6 Å². The van der Waals surface area contributed by atoms with Gasteiger partial charge in [-0.3, -0.25) is 24.0 Å². The smallest absolute Gasteiger partial charge is 0.309 e. The Labute approximate surface area is 361 Å². The second kappa shape index (κ2) is 15.5. The lowest BCUT2D eigenvalue weighted by Gasteiger charge is -2.72. The quantitative estimate of drug-likeness (QED) is 0.161. The SMILES string of the molecule is CC(C)C1=C2[C@H]3CC[C@@H]4[C@@]5(C)CC[C@H](OC(=O)[C@H]6C[C@@H](C(=O)O)C6(C)C)C(C)(C)[C@@H]5CC[C@@]4(C)[C@]3(C)CC[C@@]2(CC(=O)NC[C@@H](CO)NC(=O)c2ccc(Cl)cc2)CC1=O. The number of carbonyl (C=O) groups is 5. The Morgan fingerprint density at radius 2 is 1.53 bits per heavy atom. The molecule has 5 saturated carbocycles. The summed E-state index contributed by atoms with van der Waals surface area (Å²) < 4.78 is 6.41. The van der Waals surface area contributed by atoms with Gasteiger partial charge in [-0.15, -0.1) is 0 Å². The minimum Gasteiger partial charge on any atom is -0.481 e. The molecule has 4 N–H and O–H groups in total. The van der Waals surface area contributed by atoms with Crippen LogP contribution in [0.2, 0.25) is 5.02 Å². The average molecular weight is 850 g/mol. The number of carboxylic acids is 1. The van der Waals surface area contributed by atoms with E-state index in [-0.39, 0.29) is 82.7 Å². The Bertz CT molecular complexity index is 1960. The summed E-state index contributed by atoms with van der Waals surface area (Å²) in [5.41, 5.74) is 1.06. The minimum atomic E-state index is -0.848. The molecule has 60 heavy (non-hydrogen) atoms. The first-order valence-corrected chi connectivity index (χ1v) is 23.0. The maximum atomic E-state index is 14.1. The van der Waals surface area contributed by atoms with Crippen LogP contribution in [0.1, 0.15) is 143 Å². The molecule has 0 radical (unpaired) electrons. The van der Waals surface area contributed by atoms with Crippen molar-refractivity contribution in [2.75, 3.05) is 13.2 Å². The number of amides is 2. The van der Waals surface area contributed by atoms with Gasteiger partial charge >= 0.3 is 11.9 Å². The number of halogens is 1. The molecule has 0 bridgehead atoms. The molecule has 11 atom stereocenters. The third-order valence-electron chi connectivity index (χ3n) is 18.3. The number of ether oxygens (including phenoxy) is 1. The van der Waals surface area contributed by atoms with Gasteiger partial charge in [-0.2, -0.15) is 0 Å². The number of esters is 1. The third kappa shape index (κ3) is 6.96. The maximum absolute atomic E-state index is 14.1. The fourth-order valence-electron chi connectivity index (χ4n) is 14.7. The molecule has 0 unspecified atom stereocenters. The Balaban J connectivity index is 1.08. The Kier molecular flexibility index (Phi) is 11.6. The van der Waals surface area contributed by atoms with Gasteiger partial charge in [-0.1, -0.05) is 79.5 Å². The van der Waals surface area contributed by atoms with Crippen molar-refractivity contribution in [2.45, 2.75) is 145 Å². The summed E-state index contributed by atoms with van der Waals surface area (Å²) in [6.45, 7) is 19.8. The van der Waals surface area contributed by atoms with Crippen LogP contribution in [0.5, 0.6) is 0 Å². The van der Waals surface area contributed by atoms with Gasteiger partial charge in [0, 0.05) is 40.8 Å². The zero-order valence-corrected chi connectivity index (χ0v) is 38.1. The first kappa shape index (κ1) is 44.8. The standard InChI is InChI=1S/C49H69ClN2O8/c1-27(2)39-34(54)23-49(24-38(55)51-25-30(26-53)52-41(56)28-10-12-29(50)13-11-28)21-20-47(8)31(40(39)49)14-15-36-46(7)18-17-37(45(5,6)35(46)16-19-48(36,47)9)60-43(59)33-22-32(42(57)58)44(33,3)4/h10-13,27,30-33,35-37,53H,14-26H2,1-9H3,(H,51,55)(H,52,56)(H,57,58)/t30-,31+,32-,33+,35-,36+,37-,46-,47+,48+,49-/m0/s1. The fourth-order valence-corrected chi connectivity index (χ4v) is 14.9. The van der Waals surface area contributed by atoms with Crippen LogP contribution in [0.3, 0.4) is 0 Å². The number of Topliss-reactive ketones (excluding diaryl/α,β-unsaturated/α-hetero) is 1. The molecule has 2 amide bonds. The molecule has 0 aromatic heterocycles. The molecule has 0 saturated heterocycles. The maximum Gasteiger partial charge on any atom is 0.309 e. The van der Waals surface area contributed by atoms with Crippen molar-refractivity contribution < 1.29 is 38.9 Å². The van der Waals surface area contributed by atoms with E-state index in [0.29, 0.717) is 35.3 Å². The van der Waals surface area contributed by atoms with Gasteiger partial charge in [0.1, 0.15) is 6.10 Å². The van der Waals surface area contributed by atoms with Crippen LogP contribution in [0.15, 0.2) is 35.4 Å². The number of aliphatic hydroxyl groups is 1. The lowest BCUT2D eigenvalue weighted by atomic mass is 9.33. The highest BCUT2D eigenvalue weighted by Crippen LogP contribution is 2.77. The van der Waals surface area contributed by atoms with Gasteiger partial charge in [0.25, 0.3) is 5.91 Å². The number of rotatable bonds is 11. The van der Waals surface area contributed by atoms with E-state index in [1.165, 1.54) is 5.57 Å². The van der Waals surface area contributed by atoms with E-state index in [1.54, 1.807) is 24.3 Å². The molecule has 10 nitrogen and oxygen atoms in total. The molecule has 0 aliphatic heterocycles. The first-order chi connectivity index (χ1) is 28.0. The fraction of sp³-hybridized carbons (Fsp3) is 0.735. The van der Waals surface area contributed by atoms with Crippen LogP contribution in [0.25, 0.3) is 0 Å². The molecular weight excluding hydrogens is 780 g/mol. The van der Waals surface area contributed by atoms with Gasteiger partial charge in [0.05, 0.1) is 24.5 Å². The molecule has 7 rings (SSSR count). The van der Waals surface area contributed by atoms with Crippen LogP contribution in [-0.2, 0) is 23.9 Å². The zero-order valence-electron chi connectivity index (χ0n) is 37.3.